The highest BCUT2D eigenvalue weighted by molar-refractivity contribution is 8.27. The lowest BCUT2D eigenvalue weighted by molar-refractivity contribution is -0.113. The Morgan fingerprint density at radius 2 is 1.74 bits per heavy atom. The Hall–Kier alpha value is -2.80. The number of anilines is 1. The topological polar surface area (TPSA) is 38.8 Å². The molecule has 0 aliphatic carbocycles. The average molecular weight is 468 g/mol. The maximum atomic E-state index is 12.9. The number of thiocarbonyl (C=S) groups is 1. The molecule has 0 atom stereocenters. The summed E-state index contributed by atoms with van der Waals surface area (Å²) in [6.45, 7) is 0.367. The zero-order valence-electron chi connectivity index (χ0n) is 16.6. The lowest BCUT2D eigenvalue weighted by atomic mass is 10.1. The number of hydrogen-bond donors (Lipinski definition) is 0. The summed E-state index contributed by atoms with van der Waals surface area (Å²) in [4.78, 5) is 15.0. The van der Waals surface area contributed by atoms with Crippen LogP contribution in [0.1, 0.15) is 11.1 Å². The summed E-state index contributed by atoms with van der Waals surface area (Å²) in [5.41, 5.74) is 2.49. The van der Waals surface area contributed by atoms with E-state index in [4.69, 9.17) is 33.3 Å². The van der Waals surface area contributed by atoms with E-state index < -0.39 is 0 Å². The quantitative estimate of drug-likeness (QED) is 0.312. The van der Waals surface area contributed by atoms with Gasteiger partial charge < -0.3 is 9.47 Å². The van der Waals surface area contributed by atoms with Gasteiger partial charge in [-0.3, -0.25) is 9.69 Å². The van der Waals surface area contributed by atoms with Crippen molar-refractivity contribution in [2.24, 2.45) is 0 Å². The van der Waals surface area contributed by atoms with Crippen LogP contribution in [0.3, 0.4) is 0 Å². The van der Waals surface area contributed by atoms with E-state index in [1.165, 1.54) is 16.7 Å². The van der Waals surface area contributed by atoms with Crippen molar-refractivity contribution in [1.82, 2.24) is 0 Å². The van der Waals surface area contributed by atoms with Crippen molar-refractivity contribution in [3.8, 4) is 11.5 Å². The molecule has 0 radical (unpaired) electrons. The molecule has 1 heterocycles. The molecule has 3 aromatic carbocycles. The molecule has 4 nitrogen and oxygen atoms in total. The number of hydrogen-bond acceptors (Lipinski definition) is 5. The third-order valence-corrected chi connectivity index (χ3v) is 6.17. The smallest absolute Gasteiger partial charge is 0.270 e. The highest BCUT2D eigenvalue weighted by atomic mass is 35.5. The van der Waals surface area contributed by atoms with Gasteiger partial charge in [-0.2, -0.15) is 0 Å². The van der Waals surface area contributed by atoms with Crippen molar-refractivity contribution in [2.75, 3.05) is 12.0 Å². The Morgan fingerprint density at radius 3 is 2.42 bits per heavy atom. The molecule has 156 valence electrons. The number of thioether (sulfide) groups is 1. The van der Waals surface area contributed by atoms with Crippen molar-refractivity contribution in [1.29, 1.82) is 0 Å². The first kappa shape index (κ1) is 21.4. The van der Waals surface area contributed by atoms with Gasteiger partial charge in [-0.25, -0.2) is 0 Å². The lowest BCUT2D eigenvalue weighted by Crippen LogP contribution is -2.27. The molecular weight excluding hydrogens is 450 g/mol. The van der Waals surface area contributed by atoms with Gasteiger partial charge in [-0.05, 0) is 41.5 Å². The summed E-state index contributed by atoms with van der Waals surface area (Å²) < 4.78 is 11.9. The summed E-state index contributed by atoms with van der Waals surface area (Å²) in [6.07, 6.45) is 1.76. The Labute approximate surface area is 195 Å². The molecule has 1 saturated heterocycles. The zero-order chi connectivity index (χ0) is 21.8. The lowest BCUT2D eigenvalue weighted by Gasteiger charge is -2.14. The van der Waals surface area contributed by atoms with Crippen LogP contribution in [-0.2, 0) is 11.4 Å². The summed E-state index contributed by atoms with van der Waals surface area (Å²) in [5.74, 6) is 0.788. The summed E-state index contributed by atoms with van der Waals surface area (Å²) >= 11 is 13.2. The maximum Gasteiger partial charge on any atom is 0.270 e. The molecule has 1 aliphatic rings. The highest BCUT2D eigenvalue weighted by Crippen LogP contribution is 2.40. The zero-order valence-corrected chi connectivity index (χ0v) is 19.0. The Morgan fingerprint density at radius 1 is 1.06 bits per heavy atom. The van der Waals surface area contributed by atoms with Gasteiger partial charge in [-0.15, -0.1) is 0 Å². The molecule has 0 aromatic heterocycles. The summed E-state index contributed by atoms with van der Waals surface area (Å²) in [6, 6.07) is 22.7. The van der Waals surface area contributed by atoms with Crippen LogP contribution in [0.15, 0.2) is 77.7 Å². The van der Waals surface area contributed by atoms with E-state index in [0.29, 0.717) is 32.4 Å². The fourth-order valence-electron chi connectivity index (χ4n) is 3.11. The minimum atomic E-state index is -0.166. The van der Waals surface area contributed by atoms with Crippen molar-refractivity contribution in [2.45, 2.75) is 6.61 Å². The molecule has 4 rings (SSSR count). The van der Waals surface area contributed by atoms with Gasteiger partial charge in [0.05, 0.1) is 22.7 Å². The van der Waals surface area contributed by atoms with Gasteiger partial charge >= 0.3 is 0 Å². The molecule has 31 heavy (non-hydrogen) atoms. The van der Waals surface area contributed by atoms with Crippen LogP contribution in [0.5, 0.6) is 11.5 Å². The van der Waals surface area contributed by atoms with Crippen LogP contribution in [-0.4, -0.2) is 17.3 Å². The summed E-state index contributed by atoms with van der Waals surface area (Å²) in [5, 5.41) is 0.403. The number of methoxy groups -OCH3 is 1. The van der Waals surface area contributed by atoms with Gasteiger partial charge in [-0.1, -0.05) is 84.1 Å². The Balaban J connectivity index is 1.59. The number of rotatable bonds is 6. The second-order valence-electron chi connectivity index (χ2n) is 6.66. The van der Waals surface area contributed by atoms with Crippen molar-refractivity contribution < 1.29 is 14.3 Å². The SMILES string of the molecule is COc1cc(/C=C2\SC(=S)N(c3ccccc3)C2=O)cc(Cl)c1OCc1ccccc1. The number of para-hydroxylation sites is 1. The fourth-order valence-corrected chi connectivity index (χ4v) is 4.68. The van der Waals surface area contributed by atoms with E-state index in [0.717, 1.165) is 16.8 Å². The van der Waals surface area contributed by atoms with Gasteiger partial charge in [0.2, 0.25) is 0 Å². The number of nitrogens with zero attached hydrogens (tertiary/aromatic N) is 1. The number of halogens is 1. The maximum absolute atomic E-state index is 12.9. The van der Waals surface area contributed by atoms with Crippen molar-refractivity contribution >= 4 is 57.6 Å². The van der Waals surface area contributed by atoms with E-state index in [9.17, 15) is 4.79 Å². The minimum Gasteiger partial charge on any atom is -0.493 e. The first-order chi connectivity index (χ1) is 15.1. The van der Waals surface area contributed by atoms with Crippen molar-refractivity contribution in [3.63, 3.8) is 0 Å². The molecule has 1 aliphatic heterocycles. The normalized spacial score (nSPS) is 14.9. The average Bonchev–Trinajstić information content (AvgIpc) is 3.06. The van der Waals surface area contributed by atoms with Crippen LogP contribution in [0.25, 0.3) is 6.08 Å². The standard InChI is InChI=1S/C24H18ClNO3S2/c1-28-20-13-17(12-19(25)22(20)29-15-16-8-4-2-5-9-16)14-21-23(27)26(24(30)31-21)18-10-6-3-7-11-18/h2-14H,15H2,1H3/b21-14-. The van der Waals surface area contributed by atoms with Gasteiger partial charge in [0.1, 0.15) is 6.61 Å². The molecular formula is C24H18ClNO3S2. The molecule has 0 saturated carbocycles. The predicted molar refractivity (Wildman–Crippen MR) is 131 cm³/mol. The number of ether oxygens (including phenoxy) is 2. The second kappa shape index (κ2) is 9.56. The molecule has 0 unspecified atom stereocenters. The molecule has 0 spiro atoms. The third-order valence-electron chi connectivity index (χ3n) is 4.58. The Bertz CT molecular complexity index is 1150. The monoisotopic (exact) mass is 467 g/mol. The van der Waals surface area contributed by atoms with Crippen LogP contribution in [0.2, 0.25) is 5.02 Å². The number of benzene rings is 3. The van der Waals surface area contributed by atoms with Crippen LogP contribution >= 0.6 is 35.6 Å². The van der Waals surface area contributed by atoms with Gasteiger partial charge in [0.15, 0.2) is 15.8 Å². The van der Waals surface area contributed by atoms with E-state index in [2.05, 4.69) is 0 Å². The van der Waals surface area contributed by atoms with E-state index in [-0.39, 0.29) is 5.91 Å². The predicted octanol–water partition coefficient (Wildman–Crippen LogP) is 6.33. The van der Waals surface area contributed by atoms with Gasteiger partial charge in [0, 0.05) is 0 Å². The number of carbonyl (C=O) groups excluding carboxylic acids is 1. The summed E-state index contributed by atoms with van der Waals surface area (Å²) in [7, 11) is 1.56. The van der Waals surface area contributed by atoms with E-state index >= 15 is 0 Å². The molecule has 1 fully saturated rings. The first-order valence-electron chi connectivity index (χ1n) is 9.44. The molecule has 0 N–H and O–H groups in total. The molecule has 3 aromatic rings. The van der Waals surface area contributed by atoms with Crippen LogP contribution < -0.4 is 14.4 Å². The fraction of sp³-hybridized carbons (Fsp3) is 0.0833. The van der Waals surface area contributed by atoms with E-state index in [1.807, 2.05) is 60.7 Å². The molecule has 7 heteroatoms. The van der Waals surface area contributed by atoms with Crippen LogP contribution in [0.4, 0.5) is 5.69 Å². The van der Waals surface area contributed by atoms with Crippen LogP contribution in [0, 0.1) is 0 Å². The largest absolute Gasteiger partial charge is 0.493 e. The number of amides is 1. The first-order valence-corrected chi connectivity index (χ1v) is 11.0. The second-order valence-corrected chi connectivity index (χ2v) is 8.74. The van der Waals surface area contributed by atoms with E-state index in [1.54, 1.807) is 25.3 Å². The minimum absolute atomic E-state index is 0.166. The highest BCUT2D eigenvalue weighted by Gasteiger charge is 2.33. The third kappa shape index (κ3) is 4.77. The van der Waals surface area contributed by atoms with Crippen molar-refractivity contribution in [3.05, 3.63) is 93.9 Å². The number of carbonyl (C=O) groups is 1. The Kier molecular flexibility index (Phi) is 6.61. The molecule has 1 amide bonds. The molecule has 0 bridgehead atoms. The van der Waals surface area contributed by atoms with Gasteiger partial charge in [0.25, 0.3) is 5.91 Å².